The third-order valence-electron chi connectivity index (χ3n) is 4.23. The van der Waals surface area contributed by atoms with Gasteiger partial charge in [-0.05, 0) is 71.9 Å². The summed E-state index contributed by atoms with van der Waals surface area (Å²) in [5.74, 6) is 1.44. The number of hydrogen-bond donors (Lipinski definition) is 1. The lowest BCUT2D eigenvalue weighted by atomic mass is 9.86. The van der Waals surface area contributed by atoms with E-state index in [0.717, 1.165) is 41.7 Å². The molecule has 20 heavy (non-hydrogen) atoms. The second kappa shape index (κ2) is 5.16. The lowest BCUT2D eigenvalue weighted by Gasteiger charge is -2.35. The molecule has 1 aromatic rings. The predicted molar refractivity (Wildman–Crippen MR) is 83.7 cm³/mol. The normalized spacial score (nSPS) is 16.3. The van der Waals surface area contributed by atoms with Gasteiger partial charge in [-0.1, -0.05) is 11.6 Å². The first-order valence-electron chi connectivity index (χ1n) is 7.39. The number of allylic oxidation sites excluding steroid dienone is 2. The number of benzene rings is 1. The Morgan fingerprint density at radius 1 is 1.25 bits per heavy atom. The smallest absolute Gasteiger partial charge is 0.127 e. The first-order valence-corrected chi connectivity index (χ1v) is 7.39. The maximum atomic E-state index is 10.4. The average Bonchev–Trinajstić information content (AvgIpc) is 2.34. The van der Waals surface area contributed by atoms with Crippen LogP contribution in [-0.4, -0.2) is 10.7 Å². The molecule has 2 heteroatoms. The van der Waals surface area contributed by atoms with E-state index in [1.54, 1.807) is 0 Å². The Morgan fingerprint density at radius 2 is 1.90 bits per heavy atom. The summed E-state index contributed by atoms with van der Waals surface area (Å²) in [5.41, 5.74) is 5.42. The van der Waals surface area contributed by atoms with Gasteiger partial charge in [0.15, 0.2) is 0 Å². The zero-order chi connectivity index (χ0) is 15.1. The van der Waals surface area contributed by atoms with Crippen LogP contribution in [0.15, 0.2) is 11.6 Å². The molecule has 0 atom stereocenters. The van der Waals surface area contributed by atoms with Crippen LogP contribution in [0.2, 0.25) is 0 Å². The summed E-state index contributed by atoms with van der Waals surface area (Å²) in [6.45, 7) is 12.5. The number of phenolic OH excluding ortho intramolecular Hbond substituents is 1. The van der Waals surface area contributed by atoms with E-state index in [9.17, 15) is 5.11 Å². The van der Waals surface area contributed by atoms with Crippen molar-refractivity contribution in [2.24, 2.45) is 0 Å². The molecule has 0 saturated carbocycles. The molecule has 0 amide bonds. The van der Waals surface area contributed by atoms with Crippen LogP contribution in [0.5, 0.6) is 11.5 Å². The van der Waals surface area contributed by atoms with Gasteiger partial charge in [0.1, 0.15) is 17.1 Å². The number of hydrogen-bond acceptors (Lipinski definition) is 2. The molecule has 2 nitrogen and oxygen atoms in total. The molecule has 1 heterocycles. The summed E-state index contributed by atoms with van der Waals surface area (Å²) in [6, 6.07) is 0. The molecule has 0 spiro atoms. The summed E-state index contributed by atoms with van der Waals surface area (Å²) in [6.07, 6.45) is 4.98. The fraction of sp³-hybridized carbons (Fsp3) is 0.556. The van der Waals surface area contributed by atoms with Crippen LogP contribution in [0.25, 0.3) is 0 Å². The SMILES string of the molecule is CC(C)=CCc1c(C)c(O)c(C)c2c1OC(C)(C)CC2. The number of fused-ring (bicyclic) bond motifs is 1. The highest BCUT2D eigenvalue weighted by molar-refractivity contribution is 5.59. The summed E-state index contributed by atoms with van der Waals surface area (Å²) in [5, 5.41) is 10.4. The number of aromatic hydroxyl groups is 1. The Hall–Kier alpha value is -1.44. The maximum absolute atomic E-state index is 10.4. The van der Waals surface area contributed by atoms with Gasteiger partial charge < -0.3 is 9.84 Å². The van der Waals surface area contributed by atoms with E-state index in [-0.39, 0.29) is 5.60 Å². The van der Waals surface area contributed by atoms with Crippen LogP contribution in [-0.2, 0) is 12.8 Å². The molecule has 0 aliphatic carbocycles. The standard InChI is InChI=1S/C18H26O2/c1-11(2)7-8-14-12(3)16(19)13(4)15-9-10-18(5,6)20-17(14)15/h7,19H,8-10H2,1-6H3. The van der Waals surface area contributed by atoms with Crippen LogP contribution in [0, 0.1) is 13.8 Å². The zero-order valence-corrected chi connectivity index (χ0v) is 13.6. The van der Waals surface area contributed by atoms with E-state index in [1.807, 2.05) is 13.8 Å². The van der Waals surface area contributed by atoms with Crippen molar-refractivity contribution in [3.05, 3.63) is 33.9 Å². The summed E-state index contributed by atoms with van der Waals surface area (Å²) < 4.78 is 6.26. The van der Waals surface area contributed by atoms with Crippen molar-refractivity contribution >= 4 is 0 Å². The van der Waals surface area contributed by atoms with Crippen LogP contribution >= 0.6 is 0 Å². The van der Waals surface area contributed by atoms with E-state index in [1.165, 1.54) is 11.1 Å². The van der Waals surface area contributed by atoms with Gasteiger partial charge in [-0.25, -0.2) is 0 Å². The Kier molecular flexibility index (Phi) is 3.86. The molecule has 1 aromatic carbocycles. The van der Waals surface area contributed by atoms with Gasteiger partial charge in [-0.2, -0.15) is 0 Å². The minimum absolute atomic E-state index is 0.122. The molecule has 0 saturated heterocycles. The Balaban J connectivity index is 2.60. The van der Waals surface area contributed by atoms with E-state index in [0.29, 0.717) is 5.75 Å². The topological polar surface area (TPSA) is 29.5 Å². The molecule has 1 aliphatic heterocycles. The summed E-state index contributed by atoms with van der Waals surface area (Å²) in [4.78, 5) is 0. The van der Waals surface area contributed by atoms with Crippen molar-refractivity contribution in [1.82, 2.24) is 0 Å². The first kappa shape index (κ1) is 15.0. The third kappa shape index (κ3) is 2.70. The molecular weight excluding hydrogens is 248 g/mol. The van der Waals surface area contributed by atoms with Gasteiger partial charge in [-0.15, -0.1) is 0 Å². The fourth-order valence-corrected chi connectivity index (χ4v) is 2.82. The maximum Gasteiger partial charge on any atom is 0.127 e. The van der Waals surface area contributed by atoms with Crippen molar-refractivity contribution in [1.29, 1.82) is 0 Å². The Morgan fingerprint density at radius 3 is 2.50 bits per heavy atom. The quantitative estimate of drug-likeness (QED) is 0.797. The second-order valence-corrected chi connectivity index (χ2v) is 6.73. The van der Waals surface area contributed by atoms with Crippen LogP contribution < -0.4 is 4.74 Å². The molecule has 0 unspecified atom stereocenters. The lowest BCUT2D eigenvalue weighted by molar-refractivity contribution is 0.0829. The largest absolute Gasteiger partial charge is 0.507 e. The number of rotatable bonds is 2. The van der Waals surface area contributed by atoms with Gasteiger partial charge >= 0.3 is 0 Å². The highest BCUT2D eigenvalue weighted by Crippen LogP contribution is 2.43. The second-order valence-electron chi connectivity index (χ2n) is 6.73. The Labute approximate surface area is 122 Å². The van der Waals surface area contributed by atoms with Crippen LogP contribution in [0.3, 0.4) is 0 Å². The van der Waals surface area contributed by atoms with Crippen LogP contribution in [0.1, 0.15) is 56.4 Å². The van der Waals surface area contributed by atoms with E-state index < -0.39 is 0 Å². The molecule has 2 rings (SSSR count). The zero-order valence-electron chi connectivity index (χ0n) is 13.6. The molecule has 0 radical (unpaired) electrons. The molecule has 1 aliphatic rings. The van der Waals surface area contributed by atoms with Gasteiger partial charge in [-0.3, -0.25) is 0 Å². The van der Waals surface area contributed by atoms with Crippen molar-refractivity contribution < 1.29 is 9.84 Å². The minimum Gasteiger partial charge on any atom is -0.507 e. The Bertz CT molecular complexity index is 562. The first-order chi connectivity index (χ1) is 9.23. The van der Waals surface area contributed by atoms with Gasteiger partial charge in [0.05, 0.1) is 0 Å². The summed E-state index contributed by atoms with van der Waals surface area (Å²) in [7, 11) is 0. The van der Waals surface area contributed by atoms with E-state index in [2.05, 4.69) is 33.8 Å². The highest BCUT2D eigenvalue weighted by atomic mass is 16.5. The highest BCUT2D eigenvalue weighted by Gasteiger charge is 2.31. The number of ether oxygens (including phenoxy) is 1. The predicted octanol–water partition coefficient (Wildman–Crippen LogP) is 4.62. The monoisotopic (exact) mass is 274 g/mol. The van der Waals surface area contributed by atoms with Gasteiger partial charge in [0, 0.05) is 11.1 Å². The molecular formula is C18H26O2. The number of phenols is 1. The van der Waals surface area contributed by atoms with E-state index in [4.69, 9.17) is 4.74 Å². The average molecular weight is 274 g/mol. The molecule has 1 N–H and O–H groups in total. The van der Waals surface area contributed by atoms with E-state index >= 15 is 0 Å². The molecule has 0 aromatic heterocycles. The fourth-order valence-electron chi connectivity index (χ4n) is 2.82. The van der Waals surface area contributed by atoms with Gasteiger partial charge in [0.2, 0.25) is 0 Å². The lowest BCUT2D eigenvalue weighted by Crippen LogP contribution is -2.33. The molecule has 110 valence electrons. The van der Waals surface area contributed by atoms with Crippen molar-refractivity contribution in [3.63, 3.8) is 0 Å². The van der Waals surface area contributed by atoms with Crippen molar-refractivity contribution in [3.8, 4) is 11.5 Å². The third-order valence-corrected chi connectivity index (χ3v) is 4.23. The molecule has 0 bridgehead atoms. The van der Waals surface area contributed by atoms with Crippen LogP contribution in [0.4, 0.5) is 0 Å². The molecule has 0 fully saturated rings. The summed E-state index contributed by atoms with van der Waals surface area (Å²) >= 11 is 0. The van der Waals surface area contributed by atoms with Crippen molar-refractivity contribution in [2.75, 3.05) is 0 Å². The van der Waals surface area contributed by atoms with Crippen molar-refractivity contribution in [2.45, 2.75) is 66.4 Å². The minimum atomic E-state index is -0.122. The van der Waals surface area contributed by atoms with Gasteiger partial charge in [0.25, 0.3) is 0 Å².